The zero-order valence-corrected chi connectivity index (χ0v) is 11.2. The van der Waals surface area contributed by atoms with Crippen LogP contribution in [0.3, 0.4) is 0 Å². The molecule has 0 N–H and O–H groups in total. The molecule has 1 aliphatic heterocycles. The van der Waals surface area contributed by atoms with Crippen molar-refractivity contribution in [1.82, 2.24) is 9.88 Å². The molecule has 0 aliphatic carbocycles. The van der Waals surface area contributed by atoms with E-state index < -0.39 is 0 Å². The molecule has 0 spiro atoms. The second-order valence-corrected chi connectivity index (χ2v) is 5.39. The zero-order chi connectivity index (χ0) is 11.2. The molecule has 0 bridgehead atoms. The standard InChI is InChI=1S/C11H19N3S2/c15-9-2-1-4-13-5-7-14(8-6-13)11-12-3-10-16-11/h3,10,15H,1-2,4-9H2. The minimum atomic E-state index is 1.01. The van der Waals surface area contributed by atoms with Gasteiger partial charge in [0.15, 0.2) is 5.13 Å². The van der Waals surface area contributed by atoms with Gasteiger partial charge in [-0.05, 0) is 25.1 Å². The van der Waals surface area contributed by atoms with Crippen molar-refractivity contribution in [2.45, 2.75) is 12.8 Å². The van der Waals surface area contributed by atoms with E-state index in [2.05, 4.69) is 32.8 Å². The highest BCUT2D eigenvalue weighted by Gasteiger charge is 2.17. The van der Waals surface area contributed by atoms with E-state index in [0.717, 1.165) is 18.8 Å². The Labute approximate surface area is 107 Å². The van der Waals surface area contributed by atoms with E-state index in [1.54, 1.807) is 11.3 Å². The molecule has 0 unspecified atom stereocenters. The van der Waals surface area contributed by atoms with Crippen LogP contribution in [0.2, 0.25) is 0 Å². The highest BCUT2D eigenvalue weighted by molar-refractivity contribution is 7.80. The Bertz CT molecular complexity index is 281. The SMILES string of the molecule is SCCCCN1CCN(c2nccs2)CC1. The minimum Gasteiger partial charge on any atom is -0.346 e. The van der Waals surface area contributed by atoms with Gasteiger partial charge in [0.25, 0.3) is 0 Å². The Kier molecular flexibility index (Phi) is 4.93. The second-order valence-electron chi connectivity index (χ2n) is 4.07. The molecule has 1 aliphatic rings. The predicted octanol–water partition coefficient (Wildman–Crippen LogP) is 1.98. The minimum absolute atomic E-state index is 1.01. The molecule has 2 rings (SSSR count). The maximum atomic E-state index is 4.36. The van der Waals surface area contributed by atoms with Gasteiger partial charge in [-0.3, -0.25) is 4.90 Å². The van der Waals surface area contributed by atoms with Gasteiger partial charge in [-0.15, -0.1) is 11.3 Å². The van der Waals surface area contributed by atoms with Crippen LogP contribution >= 0.6 is 24.0 Å². The molecule has 1 aromatic heterocycles. The van der Waals surface area contributed by atoms with Gasteiger partial charge >= 0.3 is 0 Å². The highest BCUT2D eigenvalue weighted by atomic mass is 32.1. The van der Waals surface area contributed by atoms with E-state index in [9.17, 15) is 0 Å². The Morgan fingerprint density at radius 3 is 2.69 bits per heavy atom. The van der Waals surface area contributed by atoms with Crippen molar-refractivity contribution in [2.24, 2.45) is 0 Å². The third-order valence-corrected chi connectivity index (χ3v) is 4.09. The normalized spacial score (nSPS) is 17.9. The molecular formula is C11H19N3S2. The van der Waals surface area contributed by atoms with Gasteiger partial charge in [0.05, 0.1) is 0 Å². The first kappa shape index (κ1) is 12.2. The topological polar surface area (TPSA) is 19.4 Å². The van der Waals surface area contributed by atoms with Gasteiger partial charge in [0.2, 0.25) is 0 Å². The van der Waals surface area contributed by atoms with Gasteiger partial charge in [0.1, 0.15) is 0 Å². The Morgan fingerprint density at radius 2 is 2.06 bits per heavy atom. The zero-order valence-electron chi connectivity index (χ0n) is 9.51. The summed E-state index contributed by atoms with van der Waals surface area (Å²) in [5, 5.41) is 3.23. The van der Waals surface area contributed by atoms with E-state index in [1.807, 2.05) is 6.20 Å². The number of unbranched alkanes of at least 4 members (excludes halogenated alkanes) is 1. The molecule has 1 fully saturated rings. The van der Waals surface area contributed by atoms with Crippen molar-refractivity contribution in [1.29, 1.82) is 0 Å². The summed E-state index contributed by atoms with van der Waals surface area (Å²) >= 11 is 5.98. The fourth-order valence-corrected chi connectivity index (χ4v) is 2.90. The first-order chi connectivity index (χ1) is 7.90. The summed E-state index contributed by atoms with van der Waals surface area (Å²) < 4.78 is 0. The Morgan fingerprint density at radius 1 is 1.25 bits per heavy atom. The molecule has 1 saturated heterocycles. The summed E-state index contributed by atoms with van der Waals surface area (Å²) in [6, 6.07) is 0. The van der Waals surface area contributed by atoms with Gasteiger partial charge < -0.3 is 4.90 Å². The fourth-order valence-electron chi connectivity index (χ4n) is 1.98. The van der Waals surface area contributed by atoms with Crippen LogP contribution in [0.5, 0.6) is 0 Å². The maximum Gasteiger partial charge on any atom is 0.185 e. The van der Waals surface area contributed by atoms with Crippen molar-refractivity contribution < 1.29 is 0 Å². The lowest BCUT2D eigenvalue weighted by Gasteiger charge is -2.34. The second kappa shape index (κ2) is 6.47. The number of thiol groups is 1. The summed E-state index contributed by atoms with van der Waals surface area (Å²) in [6.07, 6.45) is 4.40. The number of hydrogen-bond donors (Lipinski definition) is 1. The van der Waals surface area contributed by atoms with Gasteiger partial charge in [-0.25, -0.2) is 4.98 Å². The van der Waals surface area contributed by atoms with Crippen molar-refractivity contribution in [2.75, 3.05) is 43.4 Å². The van der Waals surface area contributed by atoms with Crippen molar-refractivity contribution in [3.05, 3.63) is 11.6 Å². The van der Waals surface area contributed by atoms with Crippen LogP contribution in [0.4, 0.5) is 5.13 Å². The van der Waals surface area contributed by atoms with E-state index in [0.29, 0.717) is 0 Å². The molecular weight excluding hydrogens is 238 g/mol. The lowest BCUT2D eigenvalue weighted by Crippen LogP contribution is -2.46. The van der Waals surface area contributed by atoms with Crippen LogP contribution in [-0.2, 0) is 0 Å². The molecule has 0 aromatic carbocycles. The van der Waals surface area contributed by atoms with Crippen LogP contribution in [0, 0.1) is 0 Å². The average molecular weight is 257 g/mol. The van der Waals surface area contributed by atoms with Crippen LogP contribution in [0.25, 0.3) is 0 Å². The highest BCUT2D eigenvalue weighted by Crippen LogP contribution is 2.18. The molecule has 3 nitrogen and oxygen atoms in total. The number of nitrogens with zero attached hydrogens (tertiary/aromatic N) is 3. The van der Waals surface area contributed by atoms with E-state index in [4.69, 9.17) is 0 Å². The molecule has 0 saturated carbocycles. The van der Waals surface area contributed by atoms with Gasteiger partial charge in [-0.2, -0.15) is 12.6 Å². The summed E-state index contributed by atoms with van der Waals surface area (Å²) in [5.74, 6) is 1.01. The molecule has 16 heavy (non-hydrogen) atoms. The van der Waals surface area contributed by atoms with Crippen LogP contribution in [0.1, 0.15) is 12.8 Å². The number of thiazole rings is 1. The molecule has 1 aromatic rings. The summed E-state index contributed by atoms with van der Waals surface area (Å²) in [7, 11) is 0. The van der Waals surface area contributed by atoms with E-state index >= 15 is 0 Å². The molecule has 90 valence electrons. The quantitative estimate of drug-likeness (QED) is 0.643. The Balaban J connectivity index is 1.70. The third-order valence-electron chi connectivity index (χ3n) is 2.94. The summed E-state index contributed by atoms with van der Waals surface area (Å²) in [6.45, 7) is 5.81. The number of anilines is 1. The van der Waals surface area contributed by atoms with Crippen LogP contribution < -0.4 is 4.90 Å². The van der Waals surface area contributed by atoms with Gasteiger partial charge in [0, 0.05) is 37.8 Å². The smallest absolute Gasteiger partial charge is 0.185 e. The summed E-state index contributed by atoms with van der Waals surface area (Å²) in [5.41, 5.74) is 0. The Hall–Kier alpha value is -0.260. The average Bonchev–Trinajstić information content (AvgIpc) is 2.84. The lowest BCUT2D eigenvalue weighted by molar-refractivity contribution is 0.254. The molecule has 5 heteroatoms. The van der Waals surface area contributed by atoms with Gasteiger partial charge in [-0.1, -0.05) is 0 Å². The summed E-state index contributed by atoms with van der Waals surface area (Å²) in [4.78, 5) is 9.29. The van der Waals surface area contributed by atoms with Crippen molar-refractivity contribution in [3.63, 3.8) is 0 Å². The largest absolute Gasteiger partial charge is 0.346 e. The predicted molar refractivity (Wildman–Crippen MR) is 73.9 cm³/mol. The number of hydrogen-bond acceptors (Lipinski definition) is 5. The van der Waals surface area contributed by atoms with Crippen LogP contribution in [0.15, 0.2) is 11.6 Å². The monoisotopic (exact) mass is 257 g/mol. The molecule has 0 atom stereocenters. The fraction of sp³-hybridized carbons (Fsp3) is 0.727. The molecule has 2 heterocycles. The number of rotatable bonds is 5. The first-order valence-electron chi connectivity index (χ1n) is 5.88. The van der Waals surface area contributed by atoms with Crippen LogP contribution in [-0.4, -0.2) is 48.4 Å². The van der Waals surface area contributed by atoms with Crippen molar-refractivity contribution >= 4 is 29.1 Å². The number of piperazine rings is 1. The maximum absolute atomic E-state index is 4.36. The van der Waals surface area contributed by atoms with E-state index in [1.165, 1.54) is 37.6 Å². The first-order valence-corrected chi connectivity index (χ1v) is 7.39. The van der Waals surface area contributed by atoms with Crippen molar-refractivity contribution in [3.8, 4) is 0 Å². The molecule has 0 amide bonds. The third kappa shape index (κ3) is 3.37. The molecule has 0 radical (unpaired) electrons. The lowest BCUT2D eigenvalue weighted by atomic mass is 10.2. The van der Waals surface area contributed by atoms with E-state index in [-0.39, 0.29) is 0 Å². The number of aromatic nitrogens is 1.